The summed E-state index contributed by atoms with van der Waals surface area (Å²) in [5.41, 5.74) is 0.570. The molecule has 0 heterocycles. The molecule has 1 amide bonds. The number of carbonyl (C=O) groups excluding carboxylic acids is 1. The summed E-state index contributed by atoms with van der Waals surface area (Å²) in [7, 11) is 0. The molecule has 28 heavy (non-hydrogen) atoms. The molecular formula is C16H12BrCl3N4O3S. The number of halogens is 4. The van der Waals surface area contributed by atoms with Gasteiger partial charge in [-0.2, -0.15) is 0 Å². The molecule has 0 aliphatic rings. The van der Waals surface area contributed by atoms with Crippen molar-refractivity contribution in [1.29, 1.82) is 0 Å². The molecule has 148 valence electrons. The lowest BCUT2D eigenvalue weighted by atomic mass is 10.2. The summed E-state index contributed by atoms with van der Waals surface area (Å²) in [6, 6.07) is 12.4. The Morgan fingerprint density at radius 1 is 1.14 bits per heavy atom. The van der Waals surface area contributed by atoms with Gasteiger partial charge in [0.25, 0.3) is 11.6 Å². The molecule has 0 aliphatic heterocycles. The quantitative estimate of drug-likeness (QED) is 0.171. The van der Waals surface area contributed by atoms with Gasteiger partial charge in [-0.05, 0) is 46.3 Å². The summed E-state index contributed by atoms with van der Waals surface area (Å²) >= 11 is 26.3. The van der Waals surface area contributed by atoms with E-state index in [2.05, 4.69) is 31.9 Å². The maximum Gasteiger partial charge on any atom is 0.271 e. The van der Waals surface area contributed by atoms with Crippen LogP contribution < -0.4 is 16.0 Å². The molecule has 2 rings (SSSR count). The van der Waals surface area contributed by atoms with Gasteiger partial charge in [0, 0.05) is 22.3 Å². The first-order chi connectivity index (χ1) is 13.1. The van der Waals surface area contributed by atoms with E-state index >= 15 is 0 Å². The Bertz CT molecular complexity index is 911. The van der Waals surface area contributed by atoms with Crippen LogP contribution in [0.2, 0.25) is 0 Å². The molecule has 0 saturated carbocycles. The summed E-state index contributed by atoms with van der Waals surface area (Å²) in [4.78, 5) is 22.8. The predicted octanol–water partition coefficient (Wildman–Crippen LogP) is 4.77. The van der Waals surface area contributed by atoms with Gasteiger partial charge in [-0.3, -0.25) is 14.9 Å². The van der Waals surface area contributed by atoms with E-state index in [0.29, 0.717) is 15.7 Å². The van der Waals surface area contributed by atoms with Crippen molar-refractivity contribution in [2.75, 3.05) is 5.32 Å². The summed E-state index contributed by atoms with van der Waals surface area (Å²) in [5, 5.41) is 18.8. The van der Waals surface area contributed by atoms with Gasteiger partial charge in [0.05, 0.1) is 10.5 Å². The SMILES string of the molecule is O=C(NC(NC(=S)Nc1cccc([N+](=O)[O-])c1)C(Cl)(Cl)Cl)c1ccccc1Br. The van der Waals surface area contributed by atoms with E-state index in [4.69, 9.17) is 47.0 Å². The minimum absolute atomic E-state index is 0.00995. The maximum atomic E-state index is 12.5. The molecule has 7 nitrogen and oxygen atoms in total. The van der Waals surface area contributed by atoms with Crippen LogP contribution in [0.4, 0.5) is 11.4 Å². The largest absolute Gasteiger partial charge is 0.339 e. The summed E-state index contributed by atoms with van der Waals surface area (Å²) < 4.78 is -1.38. The number of rotatable bonds is 5. The lowest BCUT2D eigenvalue weighted by Crippen LogP contribution is -2.56. The first-order valence-electron chi connectivity index (χ1n) is 7.52. The lowest BCUT2D eigenvalue weighted by molar-refractivity contribution is -0.384. The molecule has 2 aromatic carbocycles. The summed E-state index contributed by atoms with van der Waals surface area (Å²) in [6.07, 6.45) is -1.18. The number of hydrogen-bond donors (Lipinski definition) is 3. The molecule has 0 radical (unpaired) electrons. The average molecular weight is 527 g/mol. The molecule has 12 heteroatoms. The number of nitrogens with zero attached hydrogens (tertiary/aromatic N) is 1. The van der Waals surface area contributed by atoms with Crippen molar-refractivity contribution in [2.24, 2.45) is 0 Å². The van der Waals surface area contributed by atoms with Crippen molar-refractivity contribution in [3.05, 3.63) is 68.7 Å². The zero-order valence-corrected chi connectivity index (χ0v) is 18.5. The monoisotopic (exact) mass is 524 g/mol. The molecule has 0 spiro atoms. The zero-order chi connectivity index (χ0) is 20.9. The molecule has 0 bridgehead atoms. The number of nitro benzene ring substituents is 1. The normalized spacial score (nSPS) is 12.0. The number of amides is 1. The van der Waals surface area contributed by atoms with E-state index in [0.717, 1.165) is 0 Å². The number of benzene rings is 2. The highest BCUT2D eigenvalue weighted by Gasteiger charge is 2.35. The Labute approximate surface area is 189 Å². The molecule has 0 saturated heterocycles. The molecule has 0 aliphatic carbocycles. The van der Waals surface area contributed by atoms with Crippen LogP contribution in [0, 0.1) is 10.1 Å². The molecule has 0 aromatic heterocycles. The number of carbonyl (C=O) groups is 1. The van der Waals surface area contributed by atoms with E-state index in [9.17, 15) is 14.9 Å². The van der Waals surface area contributed by atoms with Gasteiger partial charge in [0.1, 0.15) is 6.17 Å². The van der Waals surface area contributed by atoms with Gasteiger partial charge in [-0.1, -0.05) is 53.0 Å². The molecule has 1 unspecified atom stereocenters. The van der Waals surface area contributed by atoms with Gasteiger partial charge >= 0.3 is 0 Å². The number of thiocarbonyl (C=S) groups is 1. The Morgan fingerprint density at radius 3 is 2.43 bits per heavy atom. The average Bonchev–Trinajstić information content (AvgIpc) is 2.60. The smallest absolute Gasteiger partial charge is 0.271 e. The molecule has 3 N–H and O–H groups in total. The lowest BCUT2D eigenvalue weighted by Gasteiger charge is -2.28. The van der Waals surface area contributed by atoms with E-state index < -0.39 is 20.8 Å². The Balaban J connectivity index is 2.11. The predicted molar refractivity (Wildman–Crippen MR) is 118 cm³/mol. The fraction of sp³-hybridized carbons (Fsp3) is 0.125. The van der Waals surface area contributed by atoms with Crippen LogP contribution in [-0.4, -0.2) is 25.9 Å². The molecule has 2 aromatic rings. The summed E-state index contributed by atoms with van der Waals surface area (Å²) in [6.45, 7) is 0. The van der Waals surface area contributed by atoms with E-state index in [-0.39, 0.29) is 10.8 Å². The summed E-state index contributed by atoms with van der Waals surface area (Å²) in [5.74, 6) is -0.505. The van der Waals surface area contributed by atoms with Crippen LogP contribution in [0.5, 0.6) is 0 Å². The minimum atomic E-state index is -1.94. The van der Waals surface area contributed by atoms with Gasteiger partial charge < -0.3 is 16.0 Å². The number of non-ortho nitro benzene ring substituents is 1. The fourth-order valence-electron chi connectivity index (χ4n) is 2.05. The third-order valence-corrected chi connectivity index (χ3v) is 4.88. The standard InChI is InChI=1S/C16H12BrCl3N4O3S/c17-12-7-2-1-6-11(12)13(25)22-14(16(18,19)20)23-15(28)21-9-4-3-5-10(8-9)24(26)27/h1-8,14H,(H,22,25)(H2,21,23,28). The van der Waals surface area contributed by atoms with Crippen molar-refractivity contribution in [1.82, 2.24) is 10.6 Å². The van der Waals surface area contributed by atoms with Gasteiger partial charge in [0.15, 0.2) is 5.11 Å². The van der Waals surface area contributed by atoms with E-state index in [1.807, 2.05) is 0 Å². The van der Waals surface area contributed by atoms with E-state index in [1.165, 1.54) is 18.2 Å². The Morgan fingerprint density at radius 2 is 1.82 bits per heavy atom. The minimum Gasteiger partial charge on any atom is -0.339 e. The second-order valence-electron chi connectivity index (χ2n) is 5.33. The van der Waals surface area contributed by atoms with Crippen molar-refractivity contribution in [3.63, 3.8) is 0 Å². The van der Waals surface area contributed by atoms with Crippen LogP contribution in [0.3, 0.4) is 0 Å². The fourth-order valence-corrected chi connectivity index (χ4v) is 3.08. The first-order valence-corrected chi connectivity index (χ1v) is 9.85. The van der Waals surface area contributed by atoms with Gasteiger partial charge in [0.2, 0.25) is 3.79 Å². The van der Waals surface area contributed by atoms with E-state index in [1.54, 1.807) is 30.3 Å². The second kappa shape index (κ2) is 9.71. The number of nitro groups is 1. The van der Waals surface area contributed by atoms with Crippen LogP contribution in [0.25, 0.3) is 0 Å². The third kappa shape index (κ3) is 6.46. The van der Waals surface area contributed by atoms with Gasteiger partial charge in [-0.15, -0.1) is 0 Å². The van der Waals surface area contributed by atoms with Crippen LogP contribution in [0.15, 0.2) is 53.0 Å². The van der Waals surface area contributed by atoms with Crippen LogP contribution in [0.1, 0.15) is 10.4 Å². The maximum absolute atomic E-state index is 12.5. The highest BCUT2D eigenvalue weighted by atomic mass is 79.9. The highest BCUT2D eigenvalue weighted by Crippen LogP contribution is 2.30. The molecule has 1 atom stereocenters. The van der Waals surface area contributed by atoms with Crippen LogP contribution >= 0.6 is 63.0 Å². The number of nitrogens with one attached hydrogen (secondary N) is 3. The third-order valence-electron chi connectivity index (χ3n) is 3.31. The first kappa shape index (κ1) is 22.6. The number of anilines is 1. The van der Waals surface area contributed by atoms with Gasteiger partial charge in [-0.25, -0.2) is 0 Å². The van der Waals surface area contributed by atoms with Crippen molar-refractivity contribution < 1.29 is 9.72 Å². The Kier molecular flexibility index (Phi) is 7.85. The topological polar surface area (TPSA) is 96.3 Å². The van der Waals surface area contributed by atoms with Crippen molar-refractivity contribution >= 4 is 85.3 Å². The van der Waals surface area contributed by atoms with Crippen LogP contribution in [-0.2, 0) is 0 Å². The van der Waals surface area contributed by atoms with Crippen molar-refractivity contribution in [2.45, 2.75) is 9.96 Å². The second-order valence-corrected chi connectivity index (χ2v) is 8.97. The number of alkyl halides is 3. The Hall–Kier alpha value is -1.65. The molecule has 0 fully saturated rings. The molecular weight excluding hydrogens is 515 g/mol. The highest BCUT2D eigenvalue weighted by molar-refractivity contribution is 9.10. The zero-order valence-electron chi connectivity index (χ0n) is 13.8. The number of hydrogen-bond acceptors (Lipinski definition) is 4. The van der Waals surface area contributed by atoms with Crippen molar-refractivity contribution in [3.8, 4) is 0 Å².